The van der Waals surface area contributed by atoms with Gasteiger partial charge in [0.15, 0.2) is 0 Å². The van der Waals surface area contributed by atoms with E-state index in [0.29, 0.717) is 25.0 Å². The molecule has 2 aliphatic rings. The minimum atomic E-state index is -0.808. The molecule has 208 valence electrons. The Balaban J connectivity index is 1.56. The smallest absolute Gasteiger partial charge is 0.245 e. The number of nitrogens with zero attached hydrogens (tertiary/aromatic N) is 2. The molecule has 1 fully saturated rings. The average Bonchev–Trinajstić information content (AvgIpc) is 3.39. The van der Waals surface area contributed by atoms with Crippen LogP contribution in [0.25, 0.3) is 28.2 Å². The number of ether oxygens (including phenoxy) is 1. The highest BCUT2D eigenvalue weighted by atomic mass is 16.5. The molecular weight excluding hydrogens is 504 g/mol. The first-order valence-corrected chi connectivity index (χ1v) is 14.2. The van der Waals surface area contributed by atoms with E-state index in [1.165, 1.54) is 4.90 Å². The van der Waals surface area contributed by atoms with Crippen LogP contribution in [0.4, 0.5) is 0 Å². The van der Waals surface area contributed by atoms with E-state index in [-0.39, 0.29) is 24.8 Å². The van der Waals surface area contributed by atoms with E-state index < -0.39 is 24.1 Å². The van der Waals surface area contributed by atoms with Gasteiger partial charge in [-0.3, -0.25) is 14.4 Å². The predicted molar refractivity (Wildman–Crippen MR) is 155 cm³/mol. The van der Waals surface area contributed by atoms with Gasteiger partial charge in [-0.05, 0) is 37.0 Å². The van der Waals surface area contributed by atoms with Crippen LogP contribution in [-0.2, 0) is 14.4 Å². The number of rotatable bonds is 5. The monoisotopic (exact) mass is 540 g/mol. The second-order valence-corrected chi connectivity index (χ2v) is 10.6. The molecule has 2 aromatic carbocycles. The van der Waals surface area contributed by atoms with Crippen LogP contribution in [0.3, 0.4) is 0 Å². The first-order valence-electron chi connectivity index (χ1n) is 14.2. The van der Waals surface area contributed by atoms with Gasteiger partial charge in [0, 0.05) is 29.9 Å². The fourth-order valence-corrected chi connectivity index (χ4v) is 5.48. The van der Waals surface area contributed by atoms with Crippen molar-refractivity contribution in [3.8, 4) is 17.0 Å². The number of nitrogens with one attached hydrogen (secondary N) is 1. The highest BCUT2D eigenvalue weighted by Crippen LogP contribution is 2.34. The predicted octanol–water partition coefficient (Wildman–Crippen LogP) is 4.61. The summed E-state index contributed by atoms with van der Waals surface area (Å²) in [4.78, 5) is 45.3. The molecule has 3 heterocycles. The number of hydrogen-bond donors (Lipinski definition) is 2. The number of hydrogen-bond acceptors (Lipinski definition) is 5. The van der Waals surface area contributed by atoms with Crippen molar-refractivity contribution in [2.75, 3.05) is 6.54 Å². The van der Waals surface area contributed by atoms with E-state index in [9.17, 15) is 14.4 Å². The lowest BCUT2D eigenvalue weighted by atomic mass is 10.1. The summed E-state index contributed by atoms with van der Waals surface area (Å²) in [6, 6.07) is 16.3. The van der Waals surface area contributed by atoms with Crippen molar-refractivity contribution in [1.82, 2.24) is 15.2 Å². The fourth-order valence-electron chi connectivity index (χ4n) is 5.48. The third-order valence-electron chi connectivity index (χ3n) is 7.60. The number of primary amides is 1. The quantitative estimate of drug-likeness (QED) is 0.491. The zero-order valence-corrected chi connectivity index (χ0v) is 22.8. The number of pyridine rings is 1. The third-order valence-corrected chi connectivity index (χ3v) is 7.60. The molecule has 1 aromatic heterocycles. The first kappa shape index (κ1) is 27.4. The van der Waals surface area contributed by atoms with Gasteiger partial charge in [0.05, 0.1) is 17.8 Å². The van der Waals surface area contributed by atoms with Crippen LogP contribution in [0.1, 0.15) is 57.4 Å². The van der Waals surface area contributed by atoms with Crippen LogP contribution >= 0.6 is 0 Å². The molecule has 1 saturated heterocycles. The topological polar surface area (TPSA) is 115 Å². The van der Waals surface area contributed by atoms with Gasteiger partial charge in [-0.1, -0.05) is 68.3 Å². The van der Waals surface area contributed by atoms with Crippen LogP contribution in [0, 0.1) is 0 Å². The van der Waals surface area contributed by atoms with E-state index in [0.717, 1.165) is 47.0 Å². The highest BCUT2D eigenvalue weighted by Gasteiger charge is 2.42. The van der Waals surface area contributed by atoms with Gasteiger partial charge < -0.3 is 20.7 Å². The van der Waals surface area contributed by atoms with Crippen LogP contribution < -0.4 is 15.8 Å². The zero-order valence-electron chi connectivity index (χ0n) is 22.8. The van der Waals surface area contributed by atoms with Crippen LogP contribution in [0.2, 0.25) is 0 Å². The van der Waals surface area contributed by atoms with Gasteiger partial charge in [-0.15, -0.1) is 0 Å². The number of unbranched alkanes of at least 4 members (excludes halogenated alkanes) is 1. The van der Waals surface area contributed by atoms with Gasteiger partial charge in [0.25, 0.3) is 0 Å². The van der Waals surface area contributed by atoms with Gasteiger partial charge in [-0.25, -0.2) is 4.98 Å². The second-order valence-electron chi connectivity index (χ2n) is 10.6. The number of fused-ring (bicyclic) bond motifs is 3. The van der Waals surface area contributed by atoms with Crippen molar-refractivity contribution >= 4 is 34.7 Å². The molecule has 0 aliphatic carbocycles. The molecule has 4 bridgehead atoms. The number of carbonyl (C=O) groups is 3. The van der Waals surface area contributed by atoms with Gasteiger partial charge in [-0.2, -0.15) is 0 Å². The summed E-state index contributed by atoms with van der Waals surface area (Å²) in [6.07, 6.45) is 7.80. The van der Waals surface area contributed by atoms with E-state index in [1.807, 2.05) is 67.6 Å². The molecule has 40 heavy (non-hydrogen) atoms. The Bertz CT molecular complexity index is 1420. The maximum atomic E-state index is 13.7. The summed E-state index contributed by atoms with van der Waals surface area (Å²) >= 11 is 0. The number of amides is 3. The van der Waals surface area contributed by atoms with Crippen molar-refractivity contribution in [1.29, 1.82) is 0 Å². The lowest BCUT2D eigenvalue weighted by molar-refractivity contribution is -0.140. The van der Waals surface area contributed by atoms with Crippen molar-refractivity contribution in [2.45, 2.75) is 70.1 Å². The summed E-state index contributed by atoms with van der Waals surface area (Å²) in [5.74, 6) is -0.385. The van der Waals surface area contributed by atoms with E-state index >= 15 is 0 Å². The van der Waals surface area contributed by atoms with Crippen LogP contribution in [0.5, 0.6) is 5.75 Å². The summed E-state index contributed by atoms with van der Waals surface area (Å²) in [5.41, 5.74) is 9.30. The molecule has 5 rings (SSSR count). The Hall–Kier alpha value is -4.20. The van der Waals surface area contributed by atoms with Gasteiger partial charge >= 0.3 is 0 Å². The summed E-state index contributed by atoms with van der Waals surface area (Å²) < 4.78 is 6.57. The maximum Gasteiger partial charge on any atom is 0.245 e. The Labute approximate surface area is 234 Å². The Kier molecular flexibility index (Phi) is 8.43. The lowest BCUT2D eigenvalue weighted by Gasteiger charge is -2.27. The van der Waals surface area contributed by atoms with E-state index in [1.54, 1.807) is 0 Å². The number of allylic oxidation sites excluding steroid dienone is 1. The summed E-state index contributed by atoms with van der Waals surface area (Å²) in [5, 5.41) is 3.78. The van der Waals surface area contributed by atoms with Crippen molar-refractivity contribution in [3.05, 3.63) is 66.2 Å². The van der Waals surface area contributed by atoms with Crippen molar-refractivity contribution in [2.24, 2.45) is 5.73 Å². The van der Waals surface area contributed by atoms with Gasteiger partial charge in [0.1, 0.15) is 23.9 Å². The largest absolute Gasteiger partial charge is 0.488 e. The van der Waals surface area contributed by atoms with Crippen LogP contribution in [0.15, 0.2) is 60.7 Å². The van der Waals surface area contributed by atoms with Crippen LogP contribution in [-0.4, -0.2) is 52.3 Å². The lowest BCUT2D eigenvalue weighted by Crippen LogP contribution is -2.53. The Morgan fingerprint density at radius 1 is 1.15 bits per heavy atom. The molecule has 0 radical (unpaired) electrons. The summed E-state index contributed by atoms with van der Waals surface area (Å²) in [6.45, 7) is 2.24. The van der Waals surface area contributed by atoms with E-state index in [2.05, 4.69) is 11.4 Å². The highest BCUT2D eigenvalue weighted by molar-refractivity contribution is 5.93. The van der Waals surface area contributed by atoms with Crippen molar-refractivity contribution < 1.29 is 19.1 Å². The maximum absolute atomic E-state index is 13.7. The van der Waals surface area contributed by atoms with E-state index in [4.69, 9.17) is 15.5 Å². The normalized spacial score (nSPS) is 22.5. The number of benzene rings is 2. The molecule has 3 atom stereocenters. The number of aromatic nitrogens is 1. The molecule has 3 amide bonds. The molecule has 3 aromatic rings. The van der Waals surface area contributed by atoms with Gasteiger partial charge in [0.2, 0.25) is 17.7 Å². The standard InChI is InChI=1S/C32H36N4O4/c1-2-3-13-26-32(39)36-20-23(18-28(36)31(33)38)40-29-19-27(22-11-7-5-8-12-22)34-25-16-15-21(17-24(25)29)10-6-4-9-14-30(37)35-26/h5-8,10-12,15-17,19,23,26,28H,2-4,9,13-14,18,20H2,1H3,(H2,33,38)(H,35,37)/b10-6+/t23-,26+,28+/m1/s1. The fraction of sp³-hybridized carbons (Fsp3) is 0.375. The third kappa shape index (κ3) is 6.17. The SMILES string of the molecule is CCCC[C@@H]1NC(=O)CCC/C=C/c2ccc3nc(-c4ccccc4)cc(c3c2)O[C@@H]2C[C@@H](C(N)=O)N(C2)C1=O. The van der Waals surface area contributed by atoms with Crippen molar-refractivity contribution in [3.63, 3.8) is 0 Å². The molecular formula is C32H36N4O4. The molecule has 0 saturated carbocycles. The Morgan fingerprint density at radius 3 is 2.75 bits per heavy atom. The molecule has 2 aliphatic heterocycles. The number of carbonyl (C=O) groups excluding carboxylic acids is 3. The minimum absolute atomic E-state index is 0.164. The molecule has 8 heteroatoms. The Morgan fingerprint density at radius 2 is 1.98 bits per heavy atom. The average molecular weight is 541 g/mol. The molecule has 8 nitrogen and oxygen atoms in total. The molecule has 3 N–H and O–H groups in total. The molecule has 0 spiro atoms. The first-order chi connectivity index (χ1) is 19.4. The number of nitrogens with two attached hydrogens (primary N) is 1. The minimum Gasteiger partial charge on any atom is -0.488 e. The summed E-state index contributed by atoms with van der Waals surface area (Å²) in [7, 11) is 0. The zero-order chi connectivity index (χ0) is 28.1. The molecule has 0 unspecified atom stereocenters. The second kappa shape index (κ2) is 12.3.